The molecular formula is C19H28N2O3. The lowest BCUT2D eigenvalue weighted by Gasteiger charge is -2.37. The predicted octanol–water partition coefficient (Wildman–Crippen LogP) is 2.11. The van der Waals surface area contributed by atoms with Crippen molar-refractivity contribution in [1.82, 2.24) is 10.2 Å². The molecule has 132 valence electrons. The number of nitrogens with one attached hydrogen (secondary N) is 1. The average Bonchev–Trinajstić information content (AvgIpc) is 3.44. The van der Waals surface area contributed by atoms with Crippen molar-refractivity contribution in [2.75, 3.05) is 20.2 Å². The lowest BCUT2D eigenvalue weighted by molar-refractivity contribution is -0.133. The smallest absolute Gasteiger partial charge is 0.249 e. The number of rotatable bonds is 6. The summed E-state index contributed by atoms with van der Waals surface area (Å²) in [4.78, 5) is 14.4. The van der Waals surface area contributed by atoms with Crippen molar-refractivity contribution in [3.8, 4) is 5.75 Å². The lowest BCUT2D eigenvalue weighted by Crippen LogP contribution is -2.45. The number of benzene rings is 1. The molecule has 1 aliphatic carbocycles. The normalized spacial score (nSPS) is 22.0. The highest BCUT2D eigenvalue weighted by atomic mass is 16.5. The van der Waals surface area contributed by atoms with Crippen LogP contribution in [-0.2, 0) is 4.79 Å². The Bertz CT molecular complexity index is 565. The fourth-order valence-electron chi connectivity index (χ4n) is 3.46. The Morgan fingerprint density at radius 3 is 2.62 bits per heavy atom. The van der Waals surface area contributed by atoms with Crippen LogP contribution in [0.3, 0.4) is 0 Å². The first-order chi connectivity index (χ1) is 11.6. The van der Waals surface area contributed by atoms with Gasteiger partial charge in [-0.15, -0.1) is 0 Å². The van der Waals surface area contributed by atoms with E-state index in [1.807, 2.05) is 12.1 Å². The highest BCUT2D eigenvalue weighted by Gasteiger charge is 2.33. The van der Waals surface area contributed by atoms with Crippen LogP contribution < -0.4 is 10.1 Å². The Balaban J connectivity index is 1.52. The number of piperidine rings is 1. The second kappa shape index (κ2) is 7.53. The second-order valence-corrected chi connectivity index (χ2v) is 7.05. The number of nitrogens with zero attached hydrogens (tertiary/aromatic N) is 1. The number of hydrogen-bond acceptors (Lipinski definition) is 4. The SMILES string of the molecule is COc1cccc([C@H](C)N2CCC([C@@H](O)C(=O)NC3CC3)CC2)c1. The van der Waals surface area contributed by atoms with Crippen molar-refractivity contribution in [1.29, 1.82) is 0 Å². The fraction of sp³-hybridized carbons (Fsp3) is 0.632. The summed E-state index contributed by atoms with van der Waals surface area (Å²) >= 11 is 0. The first-order valence-electron chi connectivity index (χ1n) is 8.95. The van der Waals surface area contributed by atoms with Crippen LogP contribution in [0.2, 0.25) is 0 Å². The van der Waals surface area contributed by atoms with Gasteiger partial charge in [-0.05, 0) is 69.3 Å². The van der Waals surface area contributed by atoms with Crippen molar-refractivity contribution < 1.29 is 14.6 Å². The minimum atomic E-state index is -0.861. The molecular weight excluding hydrogens is 304 g/mol. The molecule has 0 bridgehead atoms. The van der Waals surface area contributed by atoms with Crippen LogP contribution in [0.25, 0.3) is 0 Å². The summed E-state index contributed by atoms with van der Waals surface area (Å²) < 4.78 is 5.31. The van der Waals surface area contributed by atoms with E-state index in [-0.39, 0.29) is 11.8 Å². The quantitative estimate of drug-likeness (QED) is 0.837. The van der Waals surface area contributed by atoms with Gasteiger partial charge in [0.05, 0.1) is 7.11 Å². The number of ether oxygens (including phenoxy) is 1. The van der Waals surface area contributed by atoms with Crippen LogP contribution in [0.5, 0.6) is 5.75 Å². The number of aliphatic hydroxyl groups excluding tert-OH is 1. The summed E-state index contributed by atoms with van der Waals surface area (Å²) in [6.07, 6.45) is 2.95. The number of hydrogen-bond donors (Lipinski definition) is 2. The minimum Gasteiger partial charge on any atom is -0.497 e. The molecule has 3 rings (SSSR count). The van der Waals surface area contributed by atoms with Crippen molar-refractivity contribution in [2.24, 2.45) is 5.92 Å². The maximum absolute atomic E-state index is 12.0. The van der Waals surface area contributed by atoms with Crippen molar-refractivity contribution in [3.63, 3.8) is 0 Å². The van der Waals surface area contributed by atoms with E-state index in [0.29, 0.717) is 12.1 Å². The summed E-state index contributed by atoms with van der Waals surface area (Å²) in [6.45, 7) is 4.00. The first-order valence-corrected chi connectivity index (χ1v) is 8.95. The molecule has 24 heavy (non-hydrogen) atoms. The van der Waals surface area contributed by atoms with Gasteiger partial charge in [0, 0.05) is 12.1 Å². The van der Waals surface area contributed by atoms with Crippen LogP contribution in [0.4, 0.5) is 0 Å². The van der Waals surface area contributed by atoms with Crippen LogP contribution in [0.15, 0.2) is 24.3 Å². The molecule has 0 radical (unpaired) electrons. The minimum absolute atomic E-state index is 0.0671. The van der Waals surface area contributed by atoms with Crippen molar-refractivity contribution in [3.05, 3.63) is 29.8 Å². The zero-order valence-electron chi connectivity index (χ0n) is 14.6. The largest absolute Gasteiger partial charge is 0.497 e. The highest BCUT2D eigenvalue weighted by molar-refractivity contribution is 5.81. The van der Waals surface area contributed by atoms with E-state index < -0.39 is 6.10 Å². The Kier molecular flexibility index (Phi) is 5.41. The maximum atomic E-state index is 12.0. The molecule has 1 aromatic rings. The maximum Gasteiger partial charge on any atom is 0.249 e. The third kappa shape index (κ3) is 4.08. The van der Waals surface area contributed by atoms with E-state index >= 15 is 0 Å². The topological polar surface area (TPSA) is 61.8 Å². The number of methoxy groups -OCH3 is 1. The molecule has 2 fully saturated rings. The molecule has 0 unspecified atom stereocenters. The van der Waals surface area contributed by atoms with Crippen molar-refractivity contribution >= 4 is 5.91 Å². The molecule has 2 atom stereocenters. The van der Waals surface area contributed by atoms with E-state index in [2.05, 4.69) is 29.3 Å². The van der Waals surface area contributed by atoms with Gasteiger partial charge in [-0.3, -0.25) is 9.69 Å². The highest BCUT2D eigenvalue weighted by Crippen LogP contribution is 2.30. The van der Waals surface area contributed by atoms with Gasteiger partial charge < -0.3 is 15.2 Å². The van der Waals surface area contributed by atoms with E-state index in [1.54, 1.807) is 7.11 Å². The molecule has 5 heteroatoms. The standard InChI is InChI=1S/C19H28N2O3/c1-13(15-4-3-5-17(12-15)24-2)21-10-8-14(9-11-21)18(22)19(23)20-16-6-7-16/h3-5,12-14,16,18,22H,6-11H2,1-2H3,(H,20,23)/t13-,18+/m0/s1. The molecule has 0 spiro atoms. The second-order valence-electron chi connectivity index (χ2n) is 7.05. The predicted molar refractivity (Wildman–Crippen MR) is 92.9 cm³/mol. The average molecular weight is 332 g/mol. The van der Waals surface area contributed by atoms with Crippen LogP contribution in [-0.4, -0.2) is 48.3 Å². The molecule has 1 amide bonds. The Labute approximate surface area is 144 Å². The van der Waals surface area contributed by atoms with E-state index in [0.717, 1.165) is 44.5 Å². The molecule has 2 N–H and O–H groups in total. The van der Waals surface area contributed by atoms with Gasteiger partial charge in [-0.1, -0.05) is 12.1 Å². The third-order valence-corrected chi connectivity index (χ3v) is 5.34. The summed E-state index contributed by atoms with van der Waals surface area (Å²) in [5.41, 5.74) is 1.24. The van der Waals surface area contributed by atoms with Crippen LogP contribution in [0.1, 0.15) is 44.2 Å². The number of aliphatic hydroxyl groups is 1. The summed E-state index contributed by atoms with van der Waals surface area (Å²) in [6, 6.07) is 8.78. The fourth-order valence-corrected chi connectivity index (χ4v) is 3.46. The van der Waals surface area contributed by atoms with Gasteiger partial charge >= 0.3 is 0 Å². The Morgan fingerprint density at radius 1 is 1.29 bits per heavy atom. The molecule has 1 heterocycles. The zero-order chi connectivity index (χ0) is 17.1. The van der Waals surface area contributed by atoms with Crippen molar-refractivity contribution in [2.45, 2.75) is 50.8 Å². The van der Waals surface area contributed by atoms with Gasteiger partial charge in [0.25, 0.3) is 0 Å². The Hall–Kier alpha value is -1.59. The molecule has 2 aliphatic rings. The summed E-state index contributed by atoms with van der Waals surface area (Å²) in [7, 11) is 1.68. The van der Waals surface area contributed by atoms with Gasteiger partial charge in [0.15, 0.2) is 0 Å². The summed E-state index contributed by atoms with van der Waals surface area (Å²) in [5, 5.41) is 13.2. The summed E-state index contributed by atoms with van der Waals surface area (Å²) in [5.74, 6) is 0.760. The third-order valence-electron chi connectivity index (χ3n) is 5.34. The van der Waals surface area contributed by atoms with Crippen LogP contribution in [0, 0.1) is 5.92 Å². The monoisotopic (exact) mass is 332 g/mol. The lowest BCUT2D eigenvalue weighted by atomic mass is 9.89. The molecule has 5 nitrogen and oxygen atoms in total. The van der Waals surface area contributed by atoms with E-state index in [4.69, 9.17) is 4.74 Å². The van der Waals surface area contributed by atoms with Crippen LogP contribution >= 0.6 is 0 Å². The number of amides is 1. The zero-order valence-corrected chi connectivity index (χ0v) is 14.6. The number of likely N-dealkylation sites (tertiary alicyclic amines) is 1. The first kappa shape index (κ1) is 17.2. The van der Waals surface area contributed by atoms with Gasteiger partial charge in [-0.25, -0.2) is 0 Å². The Morgan fingerprint density at radius 2 is 2.00 bits per heavy atom. The number of carbonyl (C=O) groups excluding carboxylic acids is 1. The van der Waals surface area contributed by atoms with E-state index in [9.17, 15) is 9.90 Å². The van der Waals surface area contributed by atoms with Gasteiger partial charge in [-0.2, -0.15) is 0 Å². The van der Waals surface area contributed by atoms with Gasteiger partial charge in [0.1, 0.15) is 11.9 Å². The van der Waals surface area contributed by atoms with E-state index in [1.165, 1.54) is 5.56 Å². The molecule has 0 aromatic heterocycles. The number of carbonyl (C=O) groups is 1. The van der Waals surface area contributed by atoms with Gasteiger partial charge in [0.2, 0.25) is 5.91 Å². The molecule has 1 saturated carbocycles. The molecule has 1 aliphatic heterocycles. The molecule has 1 aromatic carbocycles. The molecule has 1 saturated heterocycles.